The second kappa shape index (κ2) is 5.88. The Morgan fingerprint density at radius 3 is 2.42 bits per heavy atom. The number of nitrogens with two attached hydrogens (primary N) is 1. The summed E-state index contributed by atoms with van der Waals surface area (Å²) < 4.78 is 40.7. The third-order valence-corrected chi connectivity index (χ3v) is 4.67. The Kier molecular flexibility index (Phi) is 4.92. The van der Waals surface area contributed by atoms with Gasteiger partial charge in [0, 0.05) is 11.7 Å². The molecule has 0 bridgehead atoms. The van der Waals surface area contributed by atoms with Crippen molar-refractivity contribution in [2.24, 2.45) is 5.92 Å². The highest BCUT2D eigenvalue weighted by atomic mass is 32.2. The lowest BCUT2D eigenvalue weighted by Gasteiger charge is -2.21. The first kappa shape index (κ1) is 15.9. The van der Waals surface area contributed by atoms with Gasteiger partial charge in [0.1, 0.15) is 10.7 Å². The van der Waals surface area contributed by atoms with Crippen LogP contribution < -0.4 is 10.5 Å². The van der Waals surface area contributed by atoms with Crippen molar-refractivity contribution in [2.75, 3.05) is 5.73 Å². The summed E-state index contributed by atoms with van der Waals surface area (Å²) in [7, 11) is -3.89. The minimum absolute atomic E-state index is 0.130. The number of benzene rings is 1. The van der Waals surface area contributed by atoms with E-state index in [1.807, 2.05) is 20.8 Å². The molecule has 0 aliphatic rings. The molecule has 19 heavy (non-hydrogen) atoms. The highest BCUT2D eigenvalue weighted by Crippen LogP contribution is 2.22. The number of rotatable bonds is 5. The number of hydrogen-bond acceptors (Lipinski definition) is 3. The third kappa shape index (κ3) is 3.67. The molecule has 0 heterocycles. The molecule has 0 amide bonds. The van der Waals surface area contributed by atoms with E-state index in [9.17, 15) is 12.8 Å². The minimum Gasteiger partial charge on any atom is -0.398 e. The van der Waals surface area contributed by atoms with Crippen molar-refractivity contribution in [3.05, 3.63) is 23.5 Å². The SMILES string of the molecule is CCC(NS(=O)(=O)c1cc(N)c(C)cc1F)C(C)C. The fourth-order valence-electron chi connectivity index (χ4n) is 1.83. The van der Waals surface area contributed by atoms with Gasteiger partial charge in [-0.1, -0.05) is 20.8 Å². The zero-order chi connectivity index (χ0) is 14.8. The first-order valence-electron chi connectivity index (χ1n) is 6.27. The molecule has 1 unspecified atom stereocenters. The van der Waals surface area contributed by atoms with Crippen LogP contribution in [0, 0.1) is 18.7 Å². The molecule has 0 aromatic heterocycles. The van der Waals surface area contributed by atoms with Gasteiger partial charge in [0.15, 0.2) is 0 Å². The summed E-state index contributed by atoms with van der Waals surface area (Å²) in [6, 6.07) is 2.08. The van der Waals surface area contributed by atoms with E-state index in [1.54, 1.807) is 6.92 Å². The van der Waals surface area contributed by atoms with E-state index in [2.05, 4.69) is 4.72 Å². The van der Waals surface area contributed by atoms with Crippen LogP contribution in [0.4, 0.5) is 10.1 Å². The van der Waals surface area contributed by atoms with Gasteiger partial charge in [-0.05, 0) is 37.0 Å². The molecule has 6 heteroatoms. The van der Waals surface area contributed by atoms with E-state index in [0.29, 0.717) is 12.0 Å². The summed E-state index contributed by atoms with van der Waals surface area (Å²) >= 11 is 0. The van der Waals surface area contributed by atoms with Gasteiger partial charge < -0.3 is 5.73 Å². The average Bonchev–Trinajstić information content (AvgIpc) is 2.30. The maximum Gasteiger partial charge on any atom is 0.243 e. The Labute approximate surface area is 114 Å². The Morgan fingerprint density at radius 2 is 1.95 bits per heavy atom. The topological polar surface area (TPSA) is 72.2 Å². The molecule has 0 fully saturated rings. The van der Waals surface area contributed by atoms with Crippen molar-refractivity contribution in [2.45, 2.75) is 45.1 Å². The first-order chi connectivity index (χ1) is 8.69. The van der Waals surface area contributed by atoms with Crippen molar-refractivity contribution in [1.82, 2.24) is 4.72 Å². The van der Waals surface area contributed by atoms with Crippen molar-refractivity contribution < 1.29 is 12.8 Å². The third-order valence-electron chi connectivity index (χ3n) is 3.16. The van der Waals surface area contributed by atoms with Gasteiger partial charge in [-0.2, -0.15) is 0 Å². The van der Waals surface area contributed by atoms with Crippen LogP contribution in [-0.2, 0) is 10.0 Å². The second-order valence-corrected chi connectivity index (χ2v) is 6.70. The monoisotopic (exact) mass is 288 g/mol. The van der Waals surface area contributed by atoms with E-state index in [-0.39, 0.29) is 17.6 Å². The molecule has 1 aromatic rings. The number of sulfonamides is 1. The maximum absolute atomic E-state index is 13.8. The van der Waals surface area contributed by atoms with E-state index < -0.39 is 20.7 Å². The zero-order valence-corrected chi connectivity index (χ0v) is 12.5. The molecular formula is C13H21FN2O2S. The van der Waals surface area contributed by atoms with Crippen LogP contribution >= 0.6 is 0 Å². The quantitative estimate of drug-likeness (QED) is 0.817. The van der Waals surface area contributed by atoms with E-state index >= 15 is 0 Å². The van der Waals surface area contributed by atoms with Gasteiger partial charge in [-0.15, -0.1) is 0 Å². The highest BCUT2D eigenvalue weighted by molar-refractivity contribution is 7.89. The summed E-state index contributed by atoms with van der Waals surface area (Å²) in [5.41, 5.74) is 6.43. The summed E-state index contributed by atoms with van der Waals surface area (Å²) in [4.78, 5) is -0.394. The average molecular weight is 288 g/mol. The Hall–Kier alpha value is -1.14. The van der Waals surface area contributed by atoms with Crippen LogP contribution in [0.15, 0.2) is 17.0 Å². The number of hydrogen-bond donors (Lipinski definition) is 2. The molecule has 0 aliphatic heterocycles. The van der Waals surface area contributed by atoms with Gasteiger partial charge >= 0.3 is 0 Å². The molecule has 0 saturated heterocycles. The van der Waals surface area contributed by atoms with Gasteiger partial charge in [-0.3, -0.25) is 0 Å². The number of halogens is 1. The molecule has 4 nitrogen and oxygen atoms in total. The van der Waals surface area contributed by atoms with Gasteiger partial charge in [0.25, 0.3) is 0 Å². The predicted molar refractivity (Wildman–Crippen MR) is 74.8 cm³/mol. The molecule has 3 N–H and O–H groups in total. The van der Waals surface area contributed by atoms with Crippen LogP contribution in [-0.4, -0.2) is 14.5 Å². The molecule has 0 aliphatic carbocycles. The van der Waals surface area contributed by atoms with Crippen LogP contribution in [0.25, 0.3) is 0 Å². The van der Waals surface area contributed by atoms with Gasteiger partial charge in [0.05, 0.1) is 0 Å². The Morgan fingerprint density at radius 1 is 1.37 bits per heavy atom. The molecule has 0 radical (unpaired) electrons. The molecule has 0 spiro atoms. The predicted octanol–water partition coefficient (Wildman–Crippen LogP) is 2.43. The number of anilines is 1. The van der Waals surface area contributed by atoms with Crippen LogP contribution in [0.5, 0.6) is 0 Å². The number of nitrogens with one attached hydrogen (secondary N) is 1. The fraction of sp³-hybridized carbons (Fsp3) is 0.538. The summed E-state index contributed by atoms with van der Waals surface area (Å²) in [5.74, 6) is -0.650. The molecule has 1 rings (SSSR count). The zero-order valence-electron chi connectivity index (χ0n) is 11.7. The Balaban J connectivity index is 3.17. The van der Waals surface area contributed by atoms with E-state index in [4.69, 9.17) is 5.73 Å². The van der Waals surface area contributed by atoms with Crippen molar-refractivity contribution in [3.63, 3.8) is 0 Å². The molecule has 1 aromatic carbocycles. The normalized spacial score (nSPS) is 13.8. The van der Waals surface area contributed by atoms with Crippen molar-refractivity contribution in [1.29, 1.82) is 0 Å². The summed E-state index contributed by atoms with van der Waals surface area (Å²) in [6.45, 7) is 7.34. The maximum atomic E-state index is 13.8. The number of nitrogen functional groups attached to an aromatic ring is 1. The minimum atomic E-state index is -3.89. The lowest BCUT2D eigenvalue weighted by atomic mass is 10.0. The summed E-state index contributed by atoms with van der Waals surface area (Å²) in [6.07, 6.45) is 0.639. The fourth-order valence-corrected chi connectivity index (χ4v) is 3.39. The van der Waals surface area contributed by atoms with E-state index in [0.717, 1.165) is 6.07 Å². The molecular weight excluding hydrogens is 267 g/mol. The van der Waals surface area contributed by atoms with Crippen LogP contribution in [0.1, 0.15) is 32.8 Å². The lowest BCUT2D eigenvalue weighted by molar-refractivity contribution is 0.435. The first-order valence-corrected chi connectivity index (χ1v) is 7.75. The van der Waals surface area contributed by atoms with Gasteiger partial charge in [0.2, 0.25) is 10.0 Å². The number of aryl methyl sites for hydroxylation is 1. The van der Waals surface area contributed by atoms with Crippen LogP contribution in [0.2, 0.25) is 0 Å². The smallest absolute Gasteiger partial charge is 0.243 e. The van der Waals surface area contributed by atoms with Crippen molar-refractivity contribution >= 4 is 15.7 Å². The second-order valence-electron chi connectivity index (χ2n) is 5.02. The summed E-state index contributed by atoms with van der Waals surface area (Å²) in [5, 5.41) is 0. The van der Waals surface area contributed by atoms with E-state index in [1.165, 1.54) is 6.07 Å². The molecule has 0 saturated carbocycles. The molecule has 108 valence electrons. The van der Waals surface area contributed by atoms with Crippen molar-refractivity contribution in [3.8, 4) is 0 Å². The highest BCUT2D eigenvalue weighted by Gasteiger charge is 2.24. The van der Waals surface area contributed by atoms with Crippen LogP contribution in [0.3, 0.4) is 0 Å². The van der Waals surface area contributed by atoms with Gasteiger partial charge in [-0.25, -0.2) is 17.5 Å². The largest absolute Gasteiger partial charge is 0.398 e. The standard InChI is InChI=1S/C13H21FN2O2S/c1-5-12(8(2)3)16-19(17,18)13-7-11(15)9(4)6-10(13)14/h6-8,12,16H,5,15H2,1-4H3. The lowest BCUT2D eigenvalue weighted by Crippen LogP contribution is -2.38. The Bertz CT molecular complexity index is 556. The molecule has 1 atom stereocenters.